The molecule has 0 fully saturated rings. The van der Waals surface area contributed by atoms with Gasteiger partial charge in [-0.05, 0) is 31.0 Å². The Morgan fingerprint density at radius 2 is 2.17 bits per heavy atom. The maximum absolute atomic E-state index is 4.44. The van der Waals surface area contributed by atoms with Crippen LogP contribution in [0.2, 0.25) is 0 Å². The minimum Gasteiger partial charge on any atom is -0.381 e. The molecule has 0 atom stereocenters. The van der Waals surface area contributed by atoms with E-state index in [2.05, 4.69) is 64.6 Å². The Hall–Kier alpha value is -1.29. The number of hydrogen-bond acceptors (Lipinski definition) is 2. The molecule has 1 N–H and O–H groups in total. The Labute approximate surface area is 116 Å². The highest BCUT2D eigenvalue weighted by atomic mass is 79.9. The van der Waals surface area contributed by atoms with E-state index in [0.29, 0.717) is 0 Å². The fraction of sp³-hybridized carbons (Fsp3) is 0.357. The molecule has 3 nitrogen and oxygen atoms in total. The van der Waals surface area contributed by atoms with Crippen LogP contribution in [0, 0.1) is 6.92 Å². The van der Waals surface area contributed by atoms with Gasteiger partial charge in [-0.25, -0.2) is 0 Å². The Morgan fingerprint density at radius 3 is 2.83 bits per heavy atom. The van der Waals surface area contributed by atoms with Gasteiger partial charge in [-0.3, -0.25) is 4.68 Å². The summed E-state index contributed by atoms with van der Waals surface area (Å²) in [5.74, 6) is 0. The summed E-state index contributed by atoms with van der Waals surface area (Å²) < 4.78 is 3.01. The molecule has 0 spiro atoms. The predicted octanol–water partition coefficient (Wildman–Crippen LogP) is 3.67. The summed E-state index contributed by atoms with van der Waals surface area (Å²) in [5.41, 5.74) is 4.79. The van der Waals surface area contributed by atoms with Crippen molar-refractivity contribution in [3.8, 4) is 0 Å². The van der Waals surface area contributed by atoms with Crippen molar-refractivity contribution in [3.05, 3.63) is 45.7 Å². The van der Waals surface area contributed by atoms with Crippen LogP contribution in [0.15, 0.2) is 28.9 Å². The Bertz CT molecular complexity index is 546. The molecule has 2 aromatic rings. The number of aryl methyl sites for hydroxylation is 3. The molecule has 4 heteroatoms. The van der Waals surface area contributed by atoms with Crippen molar-refractivity contribution in [1.82, 2.24) is 9.78 Å². The SMILES string of the molecule is CCc1nn(C)cc1CNc1ccc(C)c(Br)c1. The maximum Gasteiger partial charge on any atom is 0.0671 e. The molecule has 1 aromatic carbocycles. The zero-order valence-corrected chi connectivity index (χ0v) is 12.6. The van der Waals surface area contributed by atoms with Crippen LogP contribution in [-0.2, 0) is 20.0 Å². The molecule has 0 unspecified atom stereocenters. The van der Waals surface area contributed by atoms with Gasteiger partial charge in [-0.1, -0.05) is 28.9 Å². The topological polar surface area (TPSA) is 29.9 Å². The second-order valence-corrected chi connectivity index (χ2v) is 5.30. The fourth-order valence-corrected chi connectivity index (χ4v) is 2.31. The van der Waals surface area contributed by atoms with Gasteiger partial charge in [0.1, 0.15) is 0 Å². The van der Waals surface area contributed by atoms with Crippen LogP contribution in [0.1, 0.15) is 23.7 Å². The molecule has 0 aliphatic heterocycles. The van der Waals surface area contributed by atoms with E-state index in [1.54, 1.807) is 0 Å². The van der Waals surface area contributed by atoms with Crippen LogP contribution in [0.5, 0.6) is 0 Å². The number of nitrogens with one attached hydrogen (secondary N) is 1. The fourth-order valence-electron chi connectivity index (χ4n) is 1.93. The first kappa shape index (κ1) is 13.1. The lowest BCUT2D eigenvalue weighted by Gasteiger charge is -2.07. The van der Waals surface area contributed by atoms with E-state index in [0.717, 1.165) is 28.8 Å². The molecular weight excluding hydrogens is 290 g/mol. The maximum atomic E-state index is 4.44. The standard InChI is InChI=1S/C14H18BrN3/c1-4-14-11(9-18(3)17-14)8-16-12-6-5-10(2)13(15)7-12/h5-7,9,16H,4,8H2,1-3H3. The van der Waals surface area contributed by atoms with Gasteiger partial charge >= 0.3 is 0 Å². The van der Waals surface area contributed by atoms with Gasteiger partial charge < -0.3 is 5.32 Å². The van der Waals surface area contributed by atoms with Crippen LogP contribution >= 0.6 is 15.9 Å². The van der Waals surface area contributed by atoms with Crippen molar-refractivity contribution < 1.29 is 0 Å². The monoisotopic (exact) mass is 307 g/mol. The van der Waals surface area contributed by atoms with E-state index in [4.69, 9.17) is 0 Å². The molecule has 0 aliphatic rings. The molecule has 0 saturated heterocycles. The van der Waals surface area contributed by atoms with Crippen LogP contribution in [0.3, 0.4) is 0 Å². The highest BCUT2D eigenvalue weighted by Crippen LogP contribution is 2.21. The van der Waals surface area contributed by atoms with Crippen molar-refractivity contribution in [2.24, 2.45) is 7.05 Å². The molecule has 0 saturated carbocycles. The number of benzene rings is 1. The predicted molar refractivity (Wildman–Crippen MR) is 78.8 cm³/mol. The van der Waals surface area contributed by atoms with Gasteiger partial charge in [-0.15, -0.1) is 0 Å². The highest BCUT2D eigenvalue weighted by Gasteiger charge is 2.05. The van der Waals surface area contributed by atoms with Crippen LogP contribution in [0.4, 0.5) is 5.69 Å². The normalized spacial score (nSPS) is 10.7. The molecule has 2 rings (SSSR count). The van der Waals surface area contributed by atoms with E-state index in [1.807, 2.05) is 11.7 Å². The van der Waals surface area contributed by atoms with Crippen molar-refractivity contribution in [2.75, 3.05) is 5.32 Å². The molecule has 1 heterocycles. The molecule has 0 radical (unpaired) electrons. The van der Waals surface area contributed by atoms with Gasteiger partial charge in [0.25, 0.3) is 0 Å². The zero-order chi connectivity index (χ0) is 13.1. The van der Waals surface area contributed by atoms with E-state index < -0.39 is 0 Å². The molecule has 96 valence electrons. The first-order valence-corrected chi connectivity index (χ1v) is 6.91. The summed E-state index contributed by atoms with van der Waals surface area (Å²) in [6.45, 7) is 5.03. The Morgan fingerprint density at radius 1 is 1.39 bits per heavy atom. The number of nitrogens with zero attached hydrogens (tertiary/aromatic N) is 2. The Kier molecular flexibility index (Phi) is 4.07. The largest absolute Gasteiger partial charge is 0.381 e. The average molecular weight is 308 g/mol. The molecule has 0 aliphatic carbocycles. The summed E-state index contributed by atoms with van der Waals surface area (Å²) in [6, 6.07) is 6.32. The van der Waals surface area contributed by atoms with E-state index in [-0.39, 0.29) is 0 Å². The van der Waals surface area contributed by atoms with Crippen molar-refractivity contribution >= 4 is 21.6 Å². The number of rotatable bonds is 4. The molecule has 0 bridgehead atoms. The van der Waals surface area contributed by atoms with Crippen molar-refractivity contribution in [1.29, 1.82) is 0 Å². The third-order valence-electron chi connectivity index (χ3n) is 2.98. The summed E-state index contributed by atoms with van der Waals surface area (Å²) >= 11 is 3.55. The Balaban J connectivity index is 2.08. The first-order chi connectivity index (χ1) is 8.60. The number of anilines is 1. The summed E-state index contributed by atoms with van der Waals surface area (Å²) in [4.78, 5) is 0. The highest BCUT2D eigenvalue weighted by molar-refractivity contribution is 9.10. The minimum absolute atomic E-state index is 0.812. The summed E-state index contributed by atoms with van der Waals surface area (Å²) in [7, 11) is 1.96. The lowest BCUT2D eigenvalue weighted by atomic mass is 10.2. The van der Waals surface area contributed by atoms with E-state index >= 15 is 0 Å². The van der Waals surface area contributed by atoms with E-state index in [9.17, 15) is 0 Å². The van der Waals surface area contributed by atoms with Gasteiger partial charge in [0, 0.05) is 35.5 Å². The van der Waals surface area contributed by atoms with Gasteiger partial charge in [-0.2, -0.15) is 5.10 Å². The zero-order valence-electron chi connectivity index (χ0n) is 11.0. The smallest absolute Gasteiger partial charge is 0.0671 e. The third-order valence-corrected chi connectivity index (χ3v) is 3.84. The lowest BCUT2D eigenvalue weighted by molar-refractivity contribution is 0.746. The average Bonchev–Trinajstić information content (AvgIpc) is 2.71. The number of hydrogen-bond donors (Lipinski definition) is 1. The summed E-state index contributed by atoms with van der Waals surface area (Å²) in [5, 5.41) is 7.87. The first-order valence-electron chi connectivity index (χ1n) is 6.11. The van der Waals surface area contributed by atoms with Crippen molar-refractivity contribution in [2.45, 2.75) is 26.8 Å². The number of halogens is 1. The van der Waals surface area contributed by atoms with Gasteiger partial charge in [0.2, 0.25) is 0 Å². The second-order valence-electron chi connectivity index (χ2n) is 4.45. The molecule has 0 amide bonds. The molecular formula is C14H18BrN3. The van der Waals surface area contributed by atoms with Crippen molar-refractivity contribution in [3.63, 3.8) is 0 Å². The third kappa shape index (κ3) is 2.93. The quantitative estimate of drug-likeness (QED) is 0.934. The van der Waals surface area contributed by atoms with Gasteiger partial charge in [0.15, 0.2) is 0 Å². The molecule has 18 heavy (non-hydrogen) atoms. The minimum atomic E-state index is 0.812. The lowest BCUT2D eigenvalue weighted by Crippen LogP contribution is -2.01. The van der Waals surface area contributed by atoms with Crippen LogP contribution in [-0.4, -0.2) is 9.78 Å². The molecule has 1 aromatic heterocycles. The van der Waals surface area contributed by atoms with Crippen LogP contribution in [0.25, 0.3) is 0 Å². The van der Waals surface area contributed by atoms with Crippen LogP contribution < -0.4 is 5.32 Å². The second kappa shape index (κ2) is 5.57. The number of aromatic nitrogens is 2. The van der Waals surface area contributed by atoms with Gasteiger partial charge in [0.05, 0.1) is 5.69 Å². The van der Waals surface area contributed by atoms with E-state index in [1.165, 1.54) is 11.1 Å². The summed E-state index contributed by atoms with van der Waals surface area (Å²) in [6.07, 6.45) is 3.05.